The number of unbranched alkanes of at least 4 members (excludes halogenated alkanes) is 1. The Hall–Kier alpha value is -0.710. The Bertz CT molecular complexity index is 411. The average Bonchev–Trinajstić information content (AvgIpc) is 2.44. The van der Waals surface area contributed by atoms with Crippen molar-refractivity contribution >= 4 is 15.9 Å². The SMILES string of the molecule is CCCCC(CC)(CBr)Cc1ccc(OC(F)(F)F)cc1. The molecule has 120 valence electrons. The third kappa shape index (κ3) is 6.29. The molecule has 1 rings (SSSR count). The maximum absolute atomic E-state index is 12.1. The standard InChI is InChI=1S/C16H22BrF3O/c1-3-5-10-15(4-2,12-17)11-13-6-8-14(9-7-13)21-16(18,19)20/h6-9H,3-5,10-12H2,1-2H3. The lowest BCUT2D eigenvalue weighted by molar-refractivity contribution is -0.274. The number of hydrogen-bond acceptors (Lipinski definition) is 1. The van der Waals surface area contributed by atoms with E-state index >= 15 is 0 Å². The summed E-state index contributed by atoms with van der Waals surface area (Å²) in [5.41, 5.74) is 1.21. The van der Waals surface area contributed by atoms with Crippen LogP contribution in [0, 0.1) is 5.41 Å². The number of alkyl halides is 4. The Labute approximate surface area is 133 Å². The summed E-state index contributed by atoms with van der Waals surface area (Å²) >= 11 is 3.60. The highest BCUT2D eigenvalue weighted by atomic mass is 79.9. The van der Waals surface area contributed by atoms with Crippen LogP contribution in [0.5, 0.6) is 5.75 Å². The van der Waals surface area contributed by atoms with E-state index in [0.717, 1.165) is 43.0 Å². The number of benzene rings is 1. The van der Waals surface area contributed by atoms with E-state index in [-0.39, 0.29) is 11.2 Å². The summed E-state index contributed by atoms with van der Waals surface area (Å²) in [4.78, 5) is 0. The second-order valence-corrected chi connectivity index (χ2v) is 6.02. The van der Waals surface area contributed by atoms with Gasteiger partial charge in [-0.2, -0.15) is 0 Å². The summed E-state index contributed by atoms with van der Waals surface area (Å²) in [5, 5.41) is 0.900. The Balaban J connectivity index is 2.76. The van der Waals surface area contributed by atoms with Crippen LogP contribution in [0.2, 0.25) is 0 Å². The molecule has 5 heteroatoms. The number of halogens is 4. The topological polar surface area (TPSA) is 9.23 Å². The van der Waals surface area contributed by atoms with Gasteiger partial charge in [-0.3, -0.25) is 0 Å². The van der Waals surface area contributed by atoms with E-state index in [4.69, 9.17) is 0 Å². The van der Waals surface area contributed by atoms with Gasteiger partial charge < -0.3 is 4.74 Å². The van der Waals surface area contributed by atoms with E-state index in [0.29, 0.717) is 0 Å². The van der Waals surface area contributed by atoms with Crippen molar-refractivity contribution in [3.63, 3.8) is 0 Å². The van der Waals surface area contributed by atoms with Crippen molar-refractivity contribution < 1.29 is 17.9 Å². The molecular weight excluding hydrogens is 345 g/mol. The highest BCUT2D eigenvalue weighted by molar-refractivity contribution is 9.09. The van der Waals surface area contributed by atoms with E-state index in [1.807, 2.05) is 0 Å². The third-order valence-electron chi connectivity index (χ3n) is 3.83. The van der Waals surface area contributed by atoms with Crippen LogP contribution in [0.3, 0.4) is 0 Å². The van der Waals surface area contributed by atoms with Crippen LogP contribution in [0.1, 0.15) is 45.1 Å². The van der Waals surface area contributed by atoms with Crippen molar-refractivity contribution in [3.8, 4) is 5.75 Å². The van der Waals surface area contributed by atoms with Gasteiger partial charge in [-0.15, -0.1) is 13.2 Å². The van der Waals surface area contributed by atoms with Crippen LogP contribution in [0.15, 0.2) is 24.3 Å². The smallest absolute Gasteiger partial charge is 0.406 e. The first-order valence-electron chi connectivity index (χ1n) is 7.25. The lowest BCUT2D eigenvalue weighted by Gasteiger charge is -2.31. The third-order valence-corrected chi connectivity index (χ3v) is 5.02. The molecule has 0 aromatic heterocycles. The first kappa shape index (κ1) is 18.3. The van der Waals surface area contributed by atoms with E-state index in [9.17, 15) is 13.2 Å². The van der Waals surface area contributed by atoms with Crippen LogP contribution in [0.25, 0.3) is 0 Å². The fourth-order valence-corrected chi connectivity index (χ4v) is 3.27. The van der Waals surface area contributed by atoms with Gasteiger partial charge in [0, 0.05) is 5.33 Å². The van der Waals surface area contributed by atoms with Crippen molar-refractivity contribution in [1.29, 1.82) is 0 Å². The van der Waals surface area contributed by atoms with Crippen LogP contribution in [0.4, 0.5) is 13.2 Å². The number of rotatable bonds is 8. The molecular formula is C16H22BrF3O. The highest BCUT2D eigenvalue weighted by Crippen LogP contribution is 2.35. The molecule has 1 atom stereocenters. The van der Waals surface area contributed by atoms with Crippen molar-refractivity contribution in [2.75, 3.05) is 5.33 Å². The largest absolute Gasteiger partial charge is 0.573 e. The first-order valence-corrected chi connectivity index (χ1v) is 8.37. The predicted molar refractivity (Wildman–Crippen MR) is 82.9 cm³/mol. The molecule has 21 heavy (non-hydrogen) atoms. The van der Waals surface area contributed by atoms with Crippen molar-refractivity contribution in [1.82, 2.24) is 0 Å². The molecule has 0 saturated carbocycles. The lowest BCUT2D eigenvalue weighted by atomic mass is 9.77. The van der Waals surface area contributed by atoms with E-state index in [1.165, 1.54) is 12.1 Å². The Morgan fingerprint density at radius 3 is 2.14 bits per heavy atom. The van der Waals surface area contributed by atoms with Gasteiger partial charge in [-0.05, 0) is 42.4 Å². The van der Waals surface area contributed by atoms with Crippen LogP contribution in [-0.4, -0.2) is 11.7 Å². The molecule has 0 saturated heterocycles. The molecule has 0 spiro atoms. The van der Waals surface area contributed by atoms with Crippen LogP contribution in [-0.2, 0) is 6.42 Å². The predicted octanol–water partition coefficient (Wildman–Crippen LogP) is 6.11. The second-order valence-electron chi connectivity index (χ2n) is 5.46. The summed E-state index contributed by atoms with van der Waals surface area (Å²) in [6, 6.07) is 6.22. The quantitative estimate of drug-likeness (QED) is 0.504. The van der Waals surface area contributed by atoms with E-state index in [2.05, 4.69) is 34.5 Å². The molecule has 0 bridgehead atoms. The maximum atomic E-state index is 12.1. The van der Waals surface area contributed by atoms with Gasteiger partial charge in [0.1, 0.15) is 5.75 Å². The fraction of sp³-hybridized carbons (Fsp3) is 0.625. The number of hydrogen-bond donors (Lipinski definition) is 0. The van der Waals surface area contributed by atoms with E-state index in [1.54, 1.807) is 12.1 Å². The molecule has 0 aliphatic rings. The van der Waals surface area contributed by atoms with Crippen molar-refractivity contribution in [2.45, 2.75) is 52.3 Å². The van der Waals surface area contributed by atoms with Gasteiger partial charge in [-0.1, -0.05) is 54.8 Å². The van der Waals surface area contributed by atoms with Gasteiger partial charge in [0.2, 0.25) is 0 Å². The minimum Gasteiger partial charge on any atom is -0.406 e. The minimum atomic E-state index is -4.63. The van der Waals surface area contributed by atoms with Gasteiger partial charge in [0.15, 0.2) is 0 Å². The Kier molecular flexibility index (Phi) is 7.04. The summed E-state index contributed by atoms with van der Waals surface area (Å²) in [5.74, 6) is -0.166. The monoisotopic (exact) mass is 366 g/mol. The molecule has 0 fully saturated rings. The van der Waals surface area contributed by atoms with Gasteiger partial charge in [-0.25, -0.2) is 0 Å². The fourth-order valence-electron chi connectivity index (χ4n) is 2.39. The molecule has 1 aromatic rings. The van der Waals surface area contributed by atoms with Crippen LogP contribution < -0.4 is 4.74 Å². The Morgan fingerprint density at radius 1 is 1.10 bits per heavy atom. The zero-order valence-corrected chi connectivity index (χ0v) is 14.1. The summed E-state index contributed by atoms with van der Waals surface area (Å²) in [6.07, 6.45) is 0.694. The zero-order valence-electron chi connectivity index (χ0n) is 12.5. The Morgan fingerprint density at radius 2 is 1.71 bits per heavy atom. The highest BCUT2D eigenvalue weighted by Gasteiger charge is 2.31. The molecule has 0 aliphatic heterocycles. The summed E-state index contributed by atoms with van der Waals surface area (Å²) in [6.45, 7) is 4.33. The average molecular weight is 367 g/mol. The molecule has 0 heterocycles. The molecule has 0 aliphatic carbocycles. The number of ether oxygens (including phenoxy) is 1. The van der Waals surface area contributed by atoms with Crippen LogP contribution >= 0.6 is 15.9 Å². The molecule has 0 N–H and O–H groups in total. The molecule has 0 radical (unpaired) electrons. The molecule has 1 aromatic carbocycles. The van der Waals surface area contributed by atoms with E-state index < -0.39 is 6.36 Å². The first-order chi connectivity index (χ1) is 9.84. The van der Waals surface area contributed by atoms with Gasteiger partial charge in [0.05, 0.1) is 0 Å². The summed E-state index contributed by atoms with van der Waals surface area (Å²) < 4.78 is 40.3. The normalized spacial score (nSPS) is 14.8. The summed E-state index contributed by atoms with van der Waals surface area (Å²) in [7, 11) is 0. The van der Waals surface area contributed by atoms with Crippen molar-refractivity contribution in [2.24, 2.45) is 5.41 Å². The van der Waals surface area contributed by atoms with Crippen molar-refractivity contribution in [3.05, 3.63) is 29.8 Å². The molecule has 1 nitrogen and oxygen atoms in total. The zero-order chi connectivity index (χ0) is 15.9. The van der Waals surface area contributed by atoms with Gasteiger partial charge >= 0.3 is 6.36 Å². The lowest BCUT2D eigenvalue weighted by Crippen LogP contribution is -2.25. The molecule has 1 unspecified atom stereocenters. The molecule has 0 amide bonds. The second kappa shape index (κ2) is 8.06. The minimum absolute atomic E-state index is 0.166. The van der Waals surface area contributed by atoms with Gasteiger partial charge in [0.25, 0.3) is 0 Å². The maximum Gasteiger partial charge on any atom is 0.573 e.